The van der Waals surface area contributed by atoms with E-state index in [2.05, 4.69) is 36.4 Å². The number of nitrogens with zero attached hydrogens (tertiary/aromatic N) is 1. The van der Waals surface area contributed by atoms with E-state index in [1.165, 1.54) is 23.4 Å². The highest BCUT2D eigenvalue weighted by molar-refractivity contribution is 7.09. The smallest absolute Gasteiger partial charge is 0.0798 e. The van der Waals surface area contributed by atoms with E-state index in [1.807, 2.05) is 5.51 Å². The van der Waals surface area contributed by atoms with E-state index in [0.717, 1.165) is 19.6 Å². The molecule has 2 N–H and O–H groups in total. The molecule has 0 saturated carbocycles. The first kappa shape index (κ1) is 13.6. The van der Waals surface area contributed by atoms with Gasteiger partial charge in [0.2, 0.25) is 0 Å². The van der Waals surface area contributed by atoms with Crippen LogP contribution in [0.1, 0.15) is 37.3 Å². The predicted octanol–water partition coefficient (Wildman–Crippen LogP) is 2.32. The molecule has 0 unspecified atom stereocenters. The molecule has 4 heteroatoms. The van der Waals surface area contributed by atoms with Crippen LogP contribution in [-0.2, 0) is 6.54 Å². The molecule has 16 heavy (non-hydrogen) atoms. The standard InChI is InChI=1S/C12H23N3S/c1-10(2)14-7-5-4-6-13-8-12-11(3)15-9-16-12/h9-10,13-14H,4-8H2,1-3H3. The maximum absolute atomic E-state index is 4.23. The molecule has 1 aromatic rings. The van der Waals surface area contributed by atoms with Crippen molar-refractivity contribution in [3.8, 4) is 0 Å². The monoisotopic (exact) mass is 241 g/mol. The number of hydrogen-bond acceptors (Lipinski definition) is 4. The lowest BCUT2D eigenvalue weighted by Crippen LogP contribution is -2.24. The number of aryl methyl sites for hydroxylation is 1. The summed E-state index contributed by atoms with van der Waals surface area (Å²) in [5.41, 5.74) is 3.08. The van der Waals surface area contributed by atoms with Crippen molar-refractivity contribution in [3.05, 3.63) is 16.1 Å². The largest absolute Gasteiger partial charge is 0.315 e. The van der Waals surface area contributed by atoms with Crippen molar-refractivity contribution in [2.24, 2.45) is 0 Å². The molecule has 0 spiro atoms. The van der Waals surface area contributed by atoms with Crippen molar-refractivity contribution in [2.45, 2.75) is 46.2 Å². The zero-order valence-corrected chi connectivity index (χ0v) is 11.4. The highest BCUT2D eigenvalue weighted by atomic mass is 32.1. The van der Waals surface area contributed by atoms with Crippen LogP contribution in [0.3, 0.4) is 0 Å². The lowest BCUT2D eigenvalue weighted by molar-refractivity contribution is 0.542. The molecule has 1 heterocycles. The molecule has 0 aliphatic carbocycles. The zero-order chi connectivity index (χ0) is 11.8. The normalized spacial score (nSPS) is 11.2. The van der Waals surface area contributed by atoms with E-state index in [-0.39, 0.29) is 0 Å². The average Bonchev–Trinajstić information content (AvgIpc) is 2.62. The Morgan fingerprint density at radius 3 is 2.69 bits per heavy atom. The number of rotatable bonds is 8. The maximum atomic E-state index is 4.23. The van der Waals surface area contributed by atoms with Gasteiger partial charge in [-0.05, 0) is 32.9 Å². The van der Waals surface area contributed by atoms with Gasteiger partial charge in [0.1, 0.15) is 0 Å². The molecule has 3 nitrogen and oxygen atoms in total. The molecule has 0 aliphatic heterocycles. The van der Waals surface area contributed by atoms with Crippen LogP contribution in [0, 0.1) is 6.92 Å². The van der Waals surface area contributed by atoms with Crippen molar-refractivity contribution < 1.29 is 0 Å². The predicted molar refractivity (Wildman–Crippen MR) is 70.9 cm³/mol. The van der Waals surface area contributed by atoms with Gasteiger partial charge in [0.05, 0.1) is 11.2 Å². The molecule has 0 atom stereocenters. The molecule has 0 amide bonds. The van der Waals surface area contributed by atoms with Gasteiger partial charge in [-0.2, -0.15) is 0 Å². The first-order chi connectivity index (χ1) is 7.70. The van der Waals surface area contributed by atoms with Crippen LogP contribution >= 0.6 is 11.3 Å². The van der Waals surface area contributed by atoms with Crippen molar-refractivity contribution in [1.29, 1.82) is 0 Å². The van der Waals surface area contributed by atoms with Gasteiger partial charge in [0, 0.05) is 17.5 Å². The second-order valence-corrected chi connectivity index (χ2v) is 5.29. The number of nitrogens with one attached hydrogen (secondary N) is 2. The first-order valence-corrected chi connectivity index (χ1v) is 6.91. The summed E-state index contributed by atoms with van der Waals surface area (Å²) in [6.45, 7) is 9.62. The fourth-order valence-corrected chi connectivity index (χ4v) is 2.21. The third-order valence-corrected chi connectivity index (χ3v) is 3.40. The number of aromatic nitrogens is 1. The Kier molecular flexibility index (Phi) is 6.61. The van der Waals surface area contributed by atoms with Gasteiger partial charge < -0.3 is 10.6 Å². The third-order valence-electron chi connectivity index (χ3n) is 2.46. The number of hydrogen-bond donors (Lipinski definition) is 2. The SMILES string of the molecule is Cc1ncsc1CNCCCCNC(C)C. The first-order valence-electron chi connectivity index (χ1n) is 6.03. The highest BCUT2D eigenvalue weighted by Crippen LogP contribution is 2.10. The van der Waals surface area contributed by atoms with Crippen LogP contribution in [0.4, 0.5) is 0 Å². The quantitative estimate of drug-likeness (QED) is 0.686. The summed E-state index contributed by atoms with van der Waals surface area (Å²) in [6, 6.07) is 0.604. The lowest BCUT2D eigenvalue weighted by atomic mass is 10.3. The Hall–Kier alpha value is -0.450. The van der Waals surface area contributed by atoms with Gasteiger partial charge in [-0.15, -0.1) is 11.3 Å². The summed E-state index contributed by atoms with van der Waals surface area (Å²) >= 11 is 1.74. The van der Waals surface area contributed by atoms with Gasteiger partial charge in [0.25, 0.3) is 0 Å². The van der Waals surface area contributed by atoms with E-state index in [1.54, 1.807) is 11.3 Å². The molecule has 0 saturated heterocycles. The molecule has 0 aromatic carbocycles. The maximum Gasteiger partial charge on any atom is 0.0798 e. The van der Waals surface area contributed by atoms with E-state index in [0.29, 0.717) is 6.04 Å². The molecule has 0 aliphatic rings. The fraction of sp³-hybridized carbons (Fsp3) is 0.750. The Morgan fingerprint density at radius 2 is 2.06 bits per heavy atom. The Labute approximate surface area is 103 Å². The van der Waals surface area contributed by atoms with Crippen molar-refractivity contribution >= 4 is 11.3 Å². The van der Waals surface area contributed by atoms with E-state index in [4.69, 9.17) is 0 Å². The second-order valence-electron chi connectivity index (χ2n) is 4.35. The minimum Gasteiger partial charge on any atom is -0.315 e. The van der Waals surface area contributed by atoms with E-state index < -0.39 is 0 Å². The van der Waals surface area contributed by atoms with Crippen LogP contribution < -0.4 is 10.6 Å². The highest BCUT2D eigenvalue weighted by Gasteiger charge is 1.99. The van der Waals surface area contributed by atoms with Crippen molar-refractivity contribution in [1.82, 2.24) is 15.6 Å². The summed E-state index contributed by atoms with van der Waals surface area (Å²) in [4.78, 5) is 5.59. The minimum absolute atomic E-state index is 0.604. The van der Waals surface area contributed by atoms with Crippen molar-refractivity contribution in [2.75, 3.05) is 13.1 Å². The molecular weight excluding hydrogens is 218 g/mol. The van der Waals surface area contributed by atoms with Gasteiger partial charge in [-0.1, -0.05) is 13.8 Å². The van der Waals surface area contributed by atoms with Gasteiger partial charge in [0.15, 0.2) is 0 Å². The molecule has 0 radical (unpaired) electrons. The molecule has 1 rings (SSSR count). The van der Waals surface area contributed by atoms with Crippen LogP contribution in [0.25, 0.3) is 0 Å². The van der Waals surface area contributed by atoms with Gasteiger partial charge in [-0.3, -0.25) is 0 Å². The van der Waals surface area contributed by atoms with E-state index in [9.17, 15) is 0 Å². The Bertz CT molecular complexity index is 284. The summed E-state index contributed by atoms with van der Waals surface area (Å²) in [5, 5.41) is 6.88. The summed E-state index contributed by atoms with van der Waals surface area (Å²) in [5.74, 6) is 0. The topological polar surface area (TPSA) is 37.0 Å². The van der Waals surface area contributed by atoms with Gasteiger partial charge >= 0.3 is 0 Å². The Balaban J connectivity index is 1.94. The molecule has 0 fully saturated rings. The van der Waals surface area contributed by atoms with Crippen molar-refractivity contribution in [3.63, 3.8) is 0 Å². The lowest BCUT2D eigenvalue weighted by Gasteiger charge is -2.07. The summed E-state index contributed by atoms with van der Waals surface area (Å²) in [7, 11) is 0. The minimum atomic E-state index is 0.604. The molecule has 92 valence electrons. The van der Waals surface area contributed by atoms with Gasteiger partial charge in [-0.25, -0.2) is 4.98 Å². The van der Waals surface area contributed by atoms with E-state index >= 15 is 0 Å². The number of unbranched alkanes of at least 4 members (excludes halogenated alkanes) is 1. The third kappa shape index (κ3) is 5.58. The summed E-state index contributed by atoms with van der Waals surface area (Å²) in [6.07, 6.45) is 2.48. The Morgan fingerprint density at radius 1 is 1.31 bits per heavy atom. The van der Waals surface area contributed by atoms with Crippen LogP contribution in [-0.4, -0.2) is 24.1 Å². The van der Waals surface area contributed by atoms with Crippen LogP contribution in [0.2, 0.25) is 0 Å². The summed E-state index contributed by atoms with van der Waals surface area (Å²) < 4.78 is 0. The van der Waals surface area contributed by atoms with Crippen LogP contribution in [0.5, 0.6) is 0 Å². The average molecular weight is 241 g/mol. The fourth-order valence-electron chi connectivity index (χ4n) is 1.46. The number of thiazole rings is 1. The second kappa shape index (κ2) is 7.76. The zero-order valence-electron chi connectivity index (χ0n) is 10.5. The molecule has 0 bridgehead atoms. The molecular formula is C12H23N3S. The van der Waals surface area contributed by atoms with Crippen LogP contribution in [0.15, 0.2) is 5.51 Å². The molecule has 1 aromatic heterocycles.